The number of hydrogen-bond acceptors (Lipinski definition) is 6. The molecular formula is C41H76N2O6S. The molecule has 292 valence electrons. The Morgan fingerprint density at radius 3 is 1.36 bits per heavy atom. The number of Topliss-reactive ketones (excluding diaryl/α,β-unsaturated/α-hetero) is 1. The number of ketones is 1. The van der Waals surface area contributed by atoms with E-state index in [1.54, 1.807) is 4.90 Å². The number of amidine groups is 1. The molecular weight excluding hydrogens is 649 g/mol. The van der Waals surface area contributed by atoms with Gasteiger partial charge in [-0.05, 0) is 64.2 Å². The van der Waals surface area contributed by atoms with Crippen LogP contribution in [0.1, 0.15) is 194 Å². The zero-order valence-corrected chi connectivity index (χ0v) is 33.6. The molecule has 0 radical (unpaired) electrons. The third kappa shape index (κ3) is 29.8. The largest absolute Gasteiger partial charge is 0.726 e. The van der Waals surface area contributed by atoms with E-state index in [1.165, 1.54) is 141 Å². The molecule has 8 nitrogen and oxygen atoms in total. The first-order valence-corrected chi connectivity index (χ1v) is 21.7. The third-order valence-corrected chi connectivity index (χ3v) is 9.76. The minimum absolute atomic E-state index is 0.139. The van der Waals surface area contributed by atoms with Crippen LogP contribution in [-0.2, 0) is 24.2 Å². The van der Waals surface area contributed by atoms with Gasteiger partial charge in [-0.3, -0.25) is 13.6 Å². The molecule has 0 aromatic heterocycles. The lowest BCUT2D eigenvalue weighted by atomic mass is 10.1. The fourth-order valence-electron chi connectivity index (χ4n) is 6.22. The molecule has 0 aliphatic carbocycles. The maximum Gasteiger partial charge on any atom is 0.323 e. The Balaban J connectivity index is 0.00000365. The molecule has 0 bridgehead atoms. The van der Waals surface area contributed by atoms with E-state index in [0.29, 0.717) is 25.2 Å². The van der Waals surface area contributed by atoms with Crippen LogP contribution in [0.5, 0.6) is 0 Å². The number of amides is 1. The summed E-state index contributed by atoms with van der Waals surface area (Å²) in [6, 6.07) is 0. The van der Waals surface area contributed by atoms with Crippen molar-refractivity contribution in [2.75, 3.05) is 27.2 Å². The van der Waals surface area contributed by atoms with Gasteiger partial charge in [-0.1, -0.05) is 141 Å². The van der Waals surface area contributed by atoms with Crippen molar-refractivity contribution in [1.82, 2.24) is 4.90 Å². The Morgan fingerprint density at radius 2 is 0.980 bits per heavy atom. The standard InChI is InChI=1S/C40H73N2O2.CH4O4S/c1-4-6-8-10-12-14-16-18-20-22-24-26-28-30-32-34-38(43)40-41(3)36-37-42(40)39(44)35-33-31-29-27-25-23-21-19-17-15-13-11-9-7-5-2;1-5-6(2,3)4/h18-21H,4-17,22-37H2,1-3H3;1H3,(H,2,3,4)/q+1;/p-1. The normalized spacial score (nSPS) is 13.5. The number of carbonyl (C=O) groups is 2. The first-order chi connectivity index (χ1) is 24.2. The average Bonchev–Trinajstić information content (AvgIpc) is 3.49. The van der Waals surface area contributed by atoms with E-state index in [0.717, 1.165) is 39.3 Å². The number of unbranched alkanes of at least 4 members (excludes halogenated alkanes) is 22. The molecule has 0 N–H and O–H groups in total. The molecule has 0 aromatic carbocycles. The second-order valence-electron chi connectivity index (χ2n) is 14.0. The molecule has 0 spiro atoms. The number of carbonyl (C=O) groups excluding carboxylic acids is 2. The molecule has 9 heteroatoms. The van der Waals surface area contributed by atoms with Crippen molar-refractivity contribution in [3.8, 4) is 0 Å². The van der Waals surface area contributed by atoms with Gasteiger partial charge < -0.3 is 4.55 Å². The van der Waals surface area contributed by atoms with Crippen LogP contribution < -0.4 is 0 Å². The smallest absolute Gasteiger partial charge is 0.323 e. The average molecular weight is 725 g/mol. The highest BCUT2D eigenvalue weighted by Gasteiger charge is 2.38. The number of hydrogen-bond donors (Lipinski definition) is 0. The lowest BCUT2D eigenvalue weighted by molar-refractivity contribution is -0.485. The Hall–Kier alpha value is -1.84. The van der Waals surface area contributed by atoms with Gasteiger partial charge in [0.15, 0.2) is 0 Å². The van der Waals surface area contributed by atoms with Gasteiger partial charge in [0.25, 0.3) is 0 Å². The molecule has 0 aromatic rings. The summed E-state index contributed by atoms with van der Waals surface area (Å²) in [5, 5.41) is 0. The second kappa shape index (κ2) is 34.3. The molecule has 1 heterocycles. The summed E-state index contributed by atoms with van der Waals surface area (Å²) in [6.07, 6.45) is 43.3. The maximum absolute atomic E-state index is 13.0. The minimum Gasteiger partial charge on any atom is -0.726 e. The van der Waals surface area contributed by atoms with E-state index >= 15 is 0 Å². The Labute approximate surface area is 308 Å². The lowest BCUT2D eigenvalue weighted by Crippen LogP contribution is -2.40. The van der Waals surface area contributed by atoms with Crippen LogP contribution in [0.2, 0.25) is 0 Å². The molecule has 0 atom stereocenters. The summed E-state index contributed by atoms with van der Waals surface area (Å²) in [5.74, 6) is 0.943. The van der Waals surface area contributed by atoms with Gasteiger partial charge >= 0.3 is 11.7 Å². The van der Waals surface area contributed by atoms with Crippen molar-refractivity contribution >= 4 is 27.9 Å². The monoisotopic (exact) mass is 725 g/mol. The van der Waals surface area contributed by atoms with Crippen LogP contribution in [0.4, 0.5) is 0 Å². The molecule has 1 amide bonds. The van der Waals surface area contributed by atoms with Crippen LogP contribution in [0, 0.1) is 0 Å². The van der Waals surface area contributed by atoms with Crippen molar-refractivity contribution in [2.45, 2.75) is 194 Å². The fourth-order valence-corrected chi connectivity index (χ4v) is 6.22. The topological polar surface area (TPSA) is 107 Å². The van der Waals surface area contributed by atoms with E-state index in [4.69, 9.17) is 0 Å². The molecule has 1 aliphatic heterocycles. The zero-order chi connectivity index (χ0) is 37.1. The Kier molecular flexibility index (Phi) is 33.0. The Bertz CT molecular complexity index is 1040. The summed E-state index contributed by atoms with van der Waals surface area (Å²) in [5.41, 5.74) is 0. The highest BCUT2D eigenvalue weighted by atomic mass is 32.3. The minimum atomic E-state index is -4.41. The fraction of sp³-hybridized carbons (Fsp3) is 0.829. The van der Waals surface area contributed by atoms with E-state index in [-0.39, 0.29) is 11.7 Å². The Morgan fingerprint density at radius 1 is 0.640 bits per heavy atom. The van der Waals surface area contributed by atoms with Gasteiger partial charge in [-0.15, -0.1) is 0 Å². The predicted molar refractivity (Wildman–Crippen MR) is 208 cm³/mol. The van der Waals surface area contributed by atoms with Gasteiger partial charge in [0.05, 0.1) is 14.2 Å². The van der Waals surface area contributed by atoms with Gasteiger partial charge in [-0.25, -0.2) is 13.2 Å². The van der Waals surface area contributed by atoms with Crippen LogP contribution in [0.3, 0.4) is 0 Å². The van der Waals surface area contributed by atoms with Gasteiger partial charge in [0, 0.05) is 12.8 Å². The molecule has 1 aliphatic rings. The molecule has 0 fully saturated rings. The maximum atomic E-state index is 13.0. The first-order valence-electron chi connectivity index (χ1n) is 20.4. The van der Waals surface area contributed by atoms with Gasteiger partial charge in [-0.2, -0.15) is 4.90 Å². The molecule has 0 saturated carbocycles. The number of likely N-dealkylation sites (N-methyl/N-ethyl adjacent to an activating group) is 1. The van der Waals surface area contributed by atoms with Crippen molar-refractivity contribution in [2.24, 2.45) is 0 Å². The van der Waals surface area contributed by atoms with Crippen LogP contribution in [-0.4, -0.2) is 67.2 Å². The van der Waals surface area contributed by atoms with Crippen molar-refractivity contribution in [3.63, 3.8) is 0 Å². The lowest BCUT2D eigenvalue weighted by Gasteiger charge is -2.10. The number of rotatable bonds is 32. The molecule has 1 rings (SSSR count). The number of nitrogens with zero attached hydrogens (tertiary/aromatic N) is 2. The summed E-state index contributed by atoms with van der Waals surface area (Å²) >= 11 is 0. The SMILES string of the molecule is CCCCCCCCC=CCCCCCCCC(=O)C1=[N+](C)CCN1C(=O)CCCCCCCC=CCCCCCCCC.COS(=O)(=O)[O-]. The van der Waals surface area contributed by atoms with Gasteiger partial charge in [0.1, 0.15) is 13.1 Å². The summed E-state index contributed by atoms with van der Waals surface area (Å²) in [4.78, 5) is 27.8. The number of allylic oxidation sites excluding steroid dienone is 4. The van der Waals surface area contributed by atoms with E-state index in [1.807, 2.05) is 11.6 Å². The third-order valence-electron chi connectivity index (χ3n) is 9.35. The zero-order valence-electron chi connectivity index (χ0n) is 32.8. The van der Waals surface area contributed by atoms with E-state index < -0.39 is 10.4 Å². The molecule has 50 heavy (non-hydrogen) atoms. The van der Waals surface area contributed by atoms with Crippen molar-refractivity contribution in [3.05, 3.63) is 24.3 Å². The molecule has 0 saturated heterocycles. The molecule has 0 unspecified atom stereocenters. The summed E-state index contributed by atoms with van der Waals surface area (Å²) < 4.78 is 33.0. The van der Waals surface area contributed by atoms with E-state index in [2.05, 4.69) is 42.3 Å². The highest BCUT2D eigenvalue weighted by molar-refractivity contribution is 7.80. The highest BCUT2D eigenvalue weighted by Crippen LogP contribution is 2.15. The van der Waals surface area contributed by atoms with Crippen LogP contribution in [0.15, 0.2) is 24.3 Å². The van der Waals surface area contributed by atoms with E-state index in [9.17, 15) is 22.6 Å². The van der Waals surface area contributed by atoms with Crippen LogP contribution >= 0.6 is 0 Å². The van der Waals surface area contributed by atoms with Gasteiger partial charge in [0.2, 0.25) is 16.2 Å². The quantitative estimate of drug-likeness (QED) is 0.0225. The second-order valence-corrected chi connectivity index (χ2v) is 15.1. The summed E-state index contributed by atoms with van der Waals surface area (Å²) in [6.45, 7) is 5.97. The predicted octanol–water partition coefficient (Wildman–Crippen LogP) is 10.6. The van der Waals surface area contributed by atoms with Crippen molar-refractivity contribution < 1.29 is 31.3 Å². The first kappa shape index (κ1) is 48.2. The van der Waals surface area contributed by atoms with Crippen molar-refractivity contribution in [1.29, 1.82) is 0 Å². The summed E-state index contributed by atoms with van der Waals surface area (Å²) in [7, 11) is -1.64. The van der Waals surface area contributed by atoms with Crippen LogP contribution in [0.25, 0.3) is 0 Å².